The molecule has 2 N–H and O–H groups in total. The SMILES string of the molecule is O=C(CCl)c1cccs1.OC(CN1c2cccc(-c3cccc(OC(F)(F)F)c3)c2OCC1c1cccs1)C(F)(F)F.OC(CN1c2cccc(-c3cccc(OC(F)(F)F)c3)c2OCC1c1cccs1)C(F)(F)F. The first kappa shape index (κ1) is 56.5. The standard InChI is InChI=1S/2C22H17F6NO3S.C6H5ClOS/c2*23-21(24,25)19(30)11-29-16-7-2-6-15(13-4-1-5-14(10-13)32-22(26,27)28)20(16)31-12-17(29)18-8-3-9-33-18;7-4-5(8)6-2-1-3-9-6/h2*1-10,17,19,30H,11-12H2;1-3H,4H2. The number of rotatable bonds is 12. The fourth-order valence-corrected chi connectivity index (χ4v) is 10.3. The van der Waals surface area contributed by atoms with E-state index in [1.54, 1.807) is 89.6 Å². The van der Waals surface area contributed by atoms with Crippen molar-refractivity contribution in [3.05, 3.63) is 152 Å². The molecule has 0 saturated heterocycles. The number of ether oxygens (including phenoxy) is 4. The molecule has 25 heteroatoms. The average molecular weight is 1140 g/mol. The lowest BCUT2D eigenvalue weighted by atomic mass is 10.0. The predicted molar refractivity (Wildman–Crippen MR) is 260 cm³/mol. The van der Waals surface area contributed by atoms with Crippen molar-refractivity contribution in [2.75, 3.05) is 42.0 Å². The number of carbonyl (C=O) groups is 1. The maximum atomic E-state index is 13.2. The number of carbonyl (C=O) groups excluding carboxylic acids is 1. The number of ketones is 1. The highest BCUT2D eigenvalue weighted by Crippen LogP contribution is 2.49. The maximum Gasteiger partial charge on any atom is 0.573 e. The minimum Gasteiger partial charge on any atom is -0.488 e. The fraction of sp³-hybridized carbons (Fsp3) is 0.260. The number of aliphatic hydroxyl groups is 2. The van der Waals surface area contributed by atoms with Crippen LogP contribution in [-0.4, -0.2) is 85.5 Å². The van der Waals surface area contributed by atoms with E-state index in [1.807, 2.05) is 11.4 Å². The summed E-state index contributed by atoms with van der Waals surface area (Å²) in [6.07, 6.45) is -24.6. The summed E-state index contributed by atoms with van der Waals surface area (Å²) in [5.41, 5.74) is 2.02. The highest BCUT2D eigenvalue weighted by molar-refractivity contribution is 7.12. The minimum absolute atomic E-state index is 0.00611. The number of hydrogen-bond acceptors (Lipinski definition) is 12. The van der Waals surface area contributed by atoms with E-state index in [1.165, 1.54) is 68.1 Å². The molecule has 7 aromatic rings. The number of anilines is 2. The van der Waals surface area contributed by atoms with Crippen molar-refractivity contribution in [3.63, 3.8) is 0 Å². The molecular formula is C50H39ClF12N2O7S3. The number of nitrogens with zero attached hydrogens (tertiary/aromatic N) is 2. The molecule has 0 spiro atoms. The van der Waals surface area contributed by atoms with E-state index >= 15 is 0 Å². The lowest BCUT2D eigenvalue weighted by Gasteiger charge is -2.40. The van der Waals surface area contributed by atoms with Gasteiger partial charge in [0.25, 0.3) is 0 Å². The number of halogens is 13. The van der Waals surface area contributed by atoms with Gasteiger partial charge in [-0.05, 0) is 81.9 Å². The van der Waals surface area contributed by atoms with Crippen LogP contribution in [0.1, 0.15) is 31.5 Å². The maximum absolute atomic E-state index is 13.2. The van der Waals surface area contributed by atoms with E-state index in [2.05, 4.69) is 9.47 Å². The number of para-hydroxylation sites is 2. The van der Waals surface area contributed by atoms with Crippen LogP contribution >= 0.6 is 45.6 Å². The molecule has 0 bridgehead atoms. The topological polar surface area (TPSA) is 101 Å². The molecular weight excluding hydrogens is 1100 g/mol. The van der Waals surface area contributed by atoms with Gasteiger partial charge >= 0.3 is 25.1 Å². The molecule has 0 amide bonds. The molecule has 400 valence electrons. The van der Waals surface area contributed by atoms with Gasteiger partial charge in [0.2, 0.25) is 0 Å². The van der Waals surface area contributed by atoms with Gasteiger partial charge in [0, 0.05) is 20.9 Å². The third-order valence-corrected chi connectivity index (χ3v) is 14.1. The van der Waals surface area contributed by atoms with Gasteiger partial charge < -0.3 is 39.0 Å². The van der Waals surface area contributed by atoms with Crippen molar-refractivity contribution in [1.29, 1.82) is 0 Å². The van der Waals surface area contributed by atoms with Crippen molar-refractivity contribution < 1.29 is 86.6 Å². The van der Waals surface area contributed by atoms with Gasteiger partial charge in [0.05, 0.1) is 47.3 Å². The first-order valence-corrected chi connectivity index (χ1v) is 25.0. The van der Waals surface area contributed by atoms with Crippen molar-refractivity contribution in [3.8, 4) is 45.3 Å². The summed E-state index contributed by atoms with van der Waals surface area (Å²) < 4.78 is 175. The number of alkyl halides is 13. The Labute approximate surface area is 436 Å². The zero-order valence-electron chi connectivity index (χ0n) is 38.1. The lowest BCUT2D eigenvalue weighted by Crippen LogP contribution is -2.45. The Kier molecular flexibility index (Phi) is 17.9. The van der Waals surface area contributed by atoms with E-state index in [-0.39, 0.29) is 36.4 Å². The molecule has 0 aliphatic carbocycles. The van der Waals surface area contributed by atoms with Gasteiger partial charge in [-0.2, -0.15) is 26.3 Å². The number of β-amino-alcohol motifs (C(OH)–C–C–N with tert-alkyl or cyclic N) is 2. The van der Waals surface area contributed by atoms with Gasteiger partial charge in [-0.15, -0.1) is 72.0 Å². The summed E-state index contributed by atoms with van der Waals surface area (Å²) in [4.78, 5) is 15.8. The quantitative estimate of drug-likeness (QED) is 0.0704. The van der Waals surface area contributed by atoms with Gasteiger partial charge in [0.15, 0.2) is 29.5 Å². The van der Waals surface area contributed by atoms with Crippen LogP contribution < -0.4 is 28.7 Å². The molecule has 0 radical (unpaired) electrons. The molecule has 0 saturated carbocycles. The number of benzene rings is 4. The van der Waals surface area contributed by atoms with E-state index in [4.69, 9.17) is 21.1 Å². The summed E-state index contributed by atoms with van der Waals surface area (Å²) in [5, 5.41) is 25.0. The average Bonchev–Trinajstić information content (AvgIpc) is 4.19. The predicted octanol–water partition coefficient (Wildman–Crippen LogP) is 14.5. The Morgan fingerprint density at radius 2 is 0.973 bits per heavy atom. The molecule has 4 aromatic carbocycles. The molecule has 0 fully saturated rings. The van der Waals surface area contributed by atoms with Gasteiger partial charge in [-0.3, -0.25) is 4.79 Å². The van der Waals surface area contributed by atoms with Crippen molar-refractivity contribution in [1.82, 2.24) is 0 Å². The Bertz CT molecular complexity index is 2780. The van der Waals surface area contributed by atoms with Gasteiger partial charge in [0.1, 0.15) is 24.7 Å². The molecule has 2 aliphatic rings. The molecule has 4 atom stereocenters. The Morgan fingerprint density at radius 3 is 1.32 bits per heavy atom. The van der Waals surface area contributed by atoms with Crippen LogP contribution in [-0.2, 0) is 0 Å². The third kappa shape index (κ3) is 14.8. The Morgan fingerprint density at radius 1 is 0.573 bits per heavy atom. The molecule has 75 heavy (non-hydrogen) atoms. The lowest BCUT2D eigenvalue weighted by molar-refractivity contribution is -0.275. The minimum atomic E-state index is -4.87. The van der Waals surface area contributed by atoms with Gasteiger partial charge in [-0.1, -0.05) is 66.7 Å². The third-order valence-electron chi connectivity index (χ3n) is 11.0. The second-order valence-electron chi connectivity index (χ2n) is 16.1. The van der Waals surface area contributed by atoms with Crippen molar-refractivity contribution in [2.24, 2.45) is 0 Å². The normalized spacial score (nSPS) is 16.4. The zero-order chi connectivity index (χ0) is 54.3. The van der Waals surface area contributed by atoms with E-state index < -0.39 is 74.0 Å². The van der Waals surface area contributed by atoms with Crippen LogP contribution in [0.2, 0.25) is 0 Å². The zero-order valence-corrected chi connectivity index (χ0v) is 41.3. The largest absolute Gasteiger partial charge is 0.573 e. The molecule has 9 nitrogen and oxygen atoms in total. The highest BCUT2D eigenvalue weighted by Gasteiger charge is 2.44. The molecule has 9 rings (SSSR count). The fourth-order valence-electron chi connectivity index (χ4n) is 7.79. The summed E-state index contributed by atoms with van der Waals surface area (Å²) in [6, 6.07) is 29.4. The van der Waals surface area contributed by atoms with Crippen molar-refractivity contribution in [2.45, 2.75) is 49.4 Å². The molecule has 2 aliphatic heterocycles. The number of thiophene rings is 3. The summed E-state index contributed by atoms with van der Waals surface area (Å²) in [7, 11) is 0. The van der Waals surface area contributed by atoms with Crippen LogP contribution in [0.25, 0.3) is 22.3 Å². The van der Waals surface area contributed by atoms with Crippen LogP contribution in [0.15, 0.2) is 137 Å². The smallest absolute Gasteiger partial charge is 0.488 e. The highest BCUT2D eigenvalue weighted by atomic mass is 35.5. The Hall–Kier alpha value is -6.18. The number of hydrogen-bond donors (Lipinski definition) is 2. The second-order valence-corrected chi connectivity index (χ2v) is 19.3. The van der Waals surface area contributed by atoms with Crippen molar-refractivity contribution >= 4 is 62.8 Å². The summed E-state index contributed by atoms with van der Waals surface area (Å²) >= 11 is 9.41. The first-order chi connectivity index (χ1) is 35.4. The molecule has 4 unspecified atom stereocenters. The number of aliphatic hydroxyl groups excluding tert-OH is 2. The van der Waals surface area contributed by atoms with Crippen LogP contribution in [0.5, 0.6) is 23.0 Å². The summed E-state index contributed by atoms with van der Waals surface area (Å²) in [5.74, 6) is -0.358. The van der Waals surface area contributed by atoms with Gasteiger partial charge in [-0.25, -0.2) is 0 Å². The van der Waals surface area contributed by atoms with Crippen LogP contribution in [0.4, 0.5) is 64.1 Å². The summed E-state index contributed by atoms with van der Waals surface area (Å²) in [6.45, 7) is -1.48. The van der Waals surface area contributed by atoms with E-state index in [0.29, 0.717) is 33.6 Å². The molecule has 3 aromatic heterocycles. The monoisotopic (exact) mass is 1140 g/mol. The van der Waals surface area contributed by atoms with E-state index in [0.717, 1.165) is 26.8 Å². The molecule has 5 heterocycles. The van der Waals surface area contributed by atoms with Crippen LogP contribution in [0.3, 0.4) is 0 Å². The number of Topliss-reactive ketones (excluding diaryl/α,β-unsaturated/α-hetero) is 1. The van der Waals surface area contributed by atoms with Crippen LogP contribution in [0, 0.1) is 0 Å². The van der Waals surface area contributed by atoms with E-state index in [9.17, 15) is 67.7 Å². The first-order valence-electron chi connectivity index (χ1n) is 21.9. The number of fused-ring (bicyclic) bond motifs is 2. The Balaban J connectivity index is 0.000000187. The second kappa shape index (κ2) is 23.8.